The van der Waals surface area contributed by atoms with Gasteiger partial charge in [0.15, 0.2) is 0 Å². The minimum atomic E-state index is -0.417. The number of aliphatic hydroxyl groups excluding tert-OH is 1. The molecule has 1 rings (SSSR count). The molecular formula is C15H22O2. The lowest BCUT2D eigenvalue weighted by Gasteiger charge is -2.06. The summed E-state index contributed by atoms with van der Waals surface area (Å²) in [5, 5.41) is 9.87. The van der Waals surface area contributed by atoms with E-state index in [0.29, 0.717) is 6.42 Å². The standard InChI is InChI=1S/C15H22O2/c1-12(2)5-4-6-13(3)9-15(16)10-14-7-8-17-11-14/h5,7-9,11,15-16H,4,6,10H2,1-3H3/b13-9-. The Kier molecular flexibility index (Phi) is 5.78. The van der Waals surface area contributed by atoms with Gasteiger partial charge in [-0.25, -0.2) is 0 Å². The van der Waals surface area contributed by atoms with Gasteiger partial charge in [-0.3, -0.25) is 0 Å². The Morgan fingerprint density at radius 3 is 2.76 bits per heavy atom. The van der Waals surface area contributed by atoms with E-state index in [0.717, 1.165) is 18.4 Å². The smallest absolute Gasteiger partial charge is 0.0935 e. The lowest BCUT2D eigenvalue weighted by atomic mass is 10.1. The molecule has 1 heterocycles. The van der Waals surface area contributed by atoms with Gasteiger partial charge >= 0.3 is 0 Å². The van der Waals surface area contributed by atoms with Crippen LogP contribution in [0, 0.1) is 0 Å². The second-order valence-corrected chi connectivity index (χ2v) is 4.74. The van der Waals surface area contributed by atoms with Gasteiger partial charge in [0.2, 0.25) is 0 Å². The second-order valence-electron chi connectivity index (χ2n) is 4.74. The fraction of sp³-hybridized carbons (Fsp3) is 0.467. The zero-order valence-electron chi connectivity index (χ0n) is 10.9. The second kappa shape index (κ2) is 7.13. The average Bonchev–Trinajstić information content (AvgIpc) is 2.69. The minimum absolute atomic E-state index is 0.417. The number of allylic oxidation sites excluding steroid dienone is 3. The molecule has 0 bridgehead atoms. The SMILES string of the molecule is CC(C)=CCC/C(C)=C\C(O)Cc1ccoc1. The van der Waals surface area contributed by atoms with Crippen molar-refractivity contribution in [3.8, 4) is 0 Å². The van der Waals surface area contributed by atoms with Gasteiger partial charge in [-0.15, -0.1) is 0 Å². The molecule has 0 spiro atoms. The van der Waals surface area contributed by atoms with Crippen molar-refractivity contribution in [2.24, 2.45) is 0 Å². The van der Waals surface area contributed by atoms with Crippen LogP contribution in [0.4, 0.5) is 0 Å². The van der Waals surface area contributed by atoms with Crippen molar-refractivity contribution >= 4 is 0 Å². The average molecular weight is 234 g/mol. The van der Waals surface area contributed by atoms with Gasteiger partial charge in [-0.1, -0.05) is 23.3 Å². The number of hydrogen-bond donors (Lipinski definition) is 1. The van der Waals surface area contributed by atoms with E-state index in [2.05, 4.69) is 26.8 Å². The zero-order valence-corrected chi connectivity index (χ0v) is 10.9. The van der Waals surface area contributed by atoms with E-state index in [9.17, 15) is 5.11 Å². The van der Waals surface area contributed by atoms with Gasteiger partial charge in [-0.2, -0.15) is 0 Å². The maximum Gasteiger partial charge on any atom is 0.0935 e. The summed E-state index contributed by atoms with van der Waals surface area (Å²) in [6.07, 6.45) is 9.72. The summed E-state index contributed by atoms with van der Waals surface area (Å²) >= 11 is 0. The molecule has 1 unspecified atom stereocenters. The molecule has 1 N–H and O–H groups in total. The Bertz CT molecular complexity index is 368. The largest absolute Gasteiger partial charge is 0.472 e. The number of hydrogen-bond acceptors (Lipinski definition) is 2. The summed E-state index contributed by atoms with van der Waals surface area (Å²) in [6.45, 7) is 6.27. The Morgan fingerprint density at radius 1 is 1.41 bits per heavy atom. The van der Waals surface area contributed by atoms with Gasteiger partial charge in [0.1, 0.15) is 0 Å². The third kappa shape index (κ3) is 6.12. The topological polar surface area (TPSA) is 33.4 Å². The van der Waals surface area contributed by atoms with Crippen LogP contribution >= 0.6 is 0 Å². The van der Waals surface area contributed by atoms with Crippen molar-refractivity contribution in [1.82, 2.24) is 0 Å². The molecule has 1 aromatic rings. The molecule has 17 heavy (non-hydrogen) atoms. The Morgan fingerprint density at radius 2 is 2.18 bits per heavy atom. The monoisotopic (exact) mass is 234 g/mol. The molecule has 1 aromatic heterocycles. The molecule has 0 saturated heterocycles. The van der Waals surface area contributed by atoms with Crippen molar-refractivity contribution in [3.63, 3.8) is 0 Å². The van der Waals surface area contributed by atoms with Gasteiger partial charge in [-0.05, 0) is 45.2 Å². The lowest BCUT2D eigenvalue weighted by molar-refractivity contribution is 0.222. The summed E-state index contributed by atoms with van der Waals surface area (Å²) in [4.78, 5) is 0. The molecule has 0 saturated carbocycles. The van der Waals surface area contributed by atoms with E-state index in [1.165, 1.54) is 11.1 Å². The summed E-state index contributed by atoms with van der Waals surface area (Å²) in [5.74, 6) is 0. The highest BCUT2D eigenvalue weighted by Crippen LogP contribution is 2.11. The van der Waals surface area contributed by atoms with Crippen LogP contribution in [0.2, 0.25) is 0 Å². The van der Waals surface area contributed by atoms with Crippen LogP contribution in [-0.2, 0) is 6.42 Å². The lowest BCUT2D eigenvalue weighted by Crippen LogP contribution is -2.06. The molecule has 2 nitrogen and oxygen atoms in total. The molecule has 0 aliphatic heterocycles. The molecule has 0 aliphatic rings. The fourth-order valence-corrected chi connectivity index (χ4v) is 1.71. The van der Waals surface area contributed by atoms with Crippen molar-refractivity contribution < 1.29 is 9.52 Å². The van der Waals surface area contributed by atoms with E-state index in [4.69, 9.17) is 4.42 Å². The van der Waals surface area contributed by atoms with E-state index in [1.807, 2.05) is 12.1 Å². The molecule has 0 fully saturated rings. The third-order valence-electron chi connectivity index (χ3n) is 2.59. The highest BCUT2D eigenvalue weighted by atomic mass is 16.3. The summed E-state index contributed by atoms with van der Waals surface area (Å²) < 4.78 is 4.97. The van der Waals surface area contributed by atoms with Crippen molar-refractivity contribution in [2.45, 2.75) is 46.1 Å². The van der Waals surface area contributed by atoms with E-state index >= 15 is 0 Å². The molecule has 0 aromatic carbocycles. The van der Waals surface area contributed by atoms with Crippen LogP contribution in [0.3, 0.4) is 0 Å². The van der Waals surface area contributed by atoms with Gasteiger partial charge < -0.3 is 9.52 Å². The maximum atomic E-state index is 9.87. The quantitative estimate of drug-likeness (QED) is 0.758. The van der Waals surface area contributed by atoms with Crippen LogP contribution in [0.25, 0.3) is 0 Å². The fourth-order valence-electron chi connectivity index (χ4n) is 1.71. The number of rotatable bonds is 6. The molecule has 0 radical (unpaired) electrons. The molecule has 0 amide bonds. The Balaban J connectivity index is 2.37. The van der Waals surface area contributed by atoms with E-state index in [-0.39, 0.29) is 0 Å². The zero-order chi connectivity index (χ0) is 12.7. The predicted octanol–water partition coefficient (Wildman–Crippen LogP) is 3.88. The van der Waals surface area contributed by atoms with Gasteiger partial charge in [0.05, 0.1) is 18.6 Å². The highest BCUT2D eigenvalue weighted by molar-refractivity contribution is 5.11. The minimum Gasteiger partial charge on any atom is -0.472 e. The first-order chi connectivity index (χ1) is 8.08. The summed E-state index contributed by atoms with van der Waals surface area (Å²) in [6, 6.07) is 1.88. The Labute approximate surface area is 104 Å². The third-order valence-corrected chi connectivity index (χ3v) is 2.59. The van der Waals surface area contributed by atoms with Crippen molar-refractivity contribution in [2.75, 3.05) is 0 Å². The van der Waals surface area contributed by atoms with Crippen LogP contribution in [0.1, 0.15) is 39.2 Å². The van der Waals surface area contributed by atoms with Crippen LogP contribution < -0.4 is 0 Å². The Hall–Kier alpha value is -1.28. The predicted molar refractivity (Wildman–Crippen MR) is 70.8 cm³/mol. The first kappa shape index (κ1) is 13.8. The normalized spacial score (nSPS) is 13.5. The number of aliphatic hydroxyl groups is 1. The van der Waals surface area contributed by atoms with Crippen LogP contribution in [-0.4, -0.2) is 11.2 Å². The summed E-state index contributed by atoms with van der Waals surface area (Å²) in [7, 11) is 0. The van der Waals surface area contributed by atoms with Crippen LogP contribution in [0.5, 0.6) is 0 Å². The maximum absolute atomic E-state index is 9.87. The molecule has 0 aliphatic carbocycles. The summed E-state index contributed by atoms with van der Waals surface area (Å²) in [5.41, 5.74) is 3.61. The van der Waals surface area contributed by atoms with Crippen LogP contribution in [0.15, 0.2) is 46.3 Å². The van der Waals surface area contributed by atoms with Gasteiger partial charge in [0.25, 0.3) is 0 Å². The van der Waals surface area contributed by atoms with Crippen molar-refractivity contribution in [3.05, 3.63) is 47.5 Å². The van der Waals surface area contributed by atoms with Crippen molar-refractivity contribution in [1.29, 1.82) is 0 Å². The van der Waals surface area contributed by atoms with Gasteiger partial charge in [0, 0.05) is 6.42 Å². The first-order valence-corrected chi connectivity index (χ1v) is 6.07. The first-order valence-electron chi connectivity index (χ1n) is 6.07. The van der Waals surface area contributed by atoms with E-state index in [1.54, 1.807) is 12.5 Å². The molecule has 94 valence electrons. The molecular weight excluding hydrogens is 212 g/mol. The highest BCUT2D eigenvalue weighted by Gasteiger charge is 2.03. The number of furan rings is 1. The molecule has 1 atom stereocenters. The molecule has 2 heteroatoms. The van der Waals surface area contributed by atoms with E-state index < -0.39 is 6.10 Å².